The molecular formula is C24H16F7N5. The van der Waals surface area contributed by atoms with Crippen LogP contribution in [0.25, 0.3) is 16.7 Å². The number of nitrogens with zero attached hydrogens (tertiary/aromatic N) is 5. The summed E-state index contributed by atoms with van der Waals surface area (Å²) in [5.41, 5.74) is -0.0653. The predicted molar refractivity (Wildman–Crippen MR) is 117 cm³/mol. The number of aromatic nitrogens is 4. The van der Waals surface area contributed by atoms with E-state index in [-0.39, 0.29) is 22.5 Å². The lowest BCUT2D eigenvalue weighted by Crippen LogP contribution is -2.34. The van der Waals surface area contributed by atoms with Crippen molar-refractivity contribution in [2.24, 2.45) is 5.92 Å². The zero-order valence-corrected chi connectivity index (χ0v) is 18.5. The fourth-order valence-electron chi connectivity index (χ4n) is 4.19. The van der Waals surface area contributed by atoms with Crippen LogP contribution in [0.15, 0.2) is 30.3 Å². The molecule has 0 spiro atoms. The van der Waals surface area contributed by atoms with Crippen LogP contribution in [0.1, 0.15) is 24.2 Å². The minimum absolute atomic E-state index is 0.0369. The second-order valence-electron chi connectivity index (χ2n) is 8.50. The molecule has 2 aromatic carbocycles. The molecule has 2 aromatic heterocycles. The van der Waals surface area contributed by atoms with Crippen LogP contribution in [0.5, 0.6) is 0 Å². The van der Waals surface area contributed by atoms with Gasteiger partial charge < -0.3 is 4.90 Å². The highest BCUT2D eigenvalue weighted by atomic mass is 19.3. The summed E-state index contributed by atoms with van der Waals surface area (Å²) in [4.78, 5) is 5.00. The second-order valence-corrected chi connectivity index (χ2v) is 8.50. The van der Waals surface area contributed by atoms with Gasteiger partial charge in [-0.15, -0.1) is 10.2 Å². The summed E-state index contributed by atoms with van der Waals surface area (Å²) in [5, 5.41) is 7.29. The number of anilines is 2. The lowest BCUT2D eigenvalue weighted by Gasteiger charge is -2.31. The Morgan fingerprint density at radius 3 is 2.56 bits per heavy atom. The van der Waals surface area contributed by atoms with Crippen molar-refractivity contribution in [3.05, 3.63) is 59.2 Å². The van der Waals surface area contributed by atoms with Crippen LogP contribution in [0.3, 0.4) is 0 Å². The third kappa shape index (κ3) is 4.29. The quantitative estimate of drug-likeness (QED) is 0.259. The maximum atomic E-state index is 15.1. The fourth-order valence-corrected chi connectivity index (χ4v) is 4.19. The van der Waals surface area contributed by atoms with E-state index in [1.807, 2.05) is 0 Å². The fraction of sp³-hybridized carbons (Fsp3) is 0.292. The van der Waals surface area contributed by atoms with Gasteiger partial charge in [-0.25, -0.2) is 30.7 Å². The maximum Gasteiger partial charge on any atom is 0.257 e. The number of hydrogen-bond acceptors (Lipinski definition) is 4. The topological polar surface area (TPSA) is 46.3 Å². The van der Waals surface area contributed by atoms with Gasteiger partial charge in [0.05, 0.1) is 17.4 Å². The van der Waals surface area contributed by atoms with Gasteiger partial charge in [0, 0.05) is 30.0 Å². The van der Waals surface area contributed by atoms with E-state index in [1.54, 1.807) is 6.92 Å². The molecule has 0 atom stereocenters. The summed E-state index contributed by atoms with van der Waals surface area (Å²) in [7, 11) is 0. The van der Waals surface area contributed by atoms with Gasteiger partial charge in [0.1, 0.15) is 17.5 Å². The van der Waals surface area contributed by atoms with Crippen molar-refractivity contribution in [2.75, 3.05) is 11.4 Å². The van der Waals surface area contributed by atoms with Crippen molar-refractivity contribution < 1.29 is 30.7 Å². The first-order valence-electron chi connectivity index (χ1n) is 10.8. The van der Waals surface area contributed by atoms with Gasteiger partial charge in [-0.05, 0) is 37.3 Å². The van der Waals surface area contributed by atoms with Gasteiger partial charge >= 0.3 is 0 Å². The molecule has 1 saturated carbocycles. The average molecular weight is 507 g/mol. The van der Waals surface area contributed by atoms with Gasteiger partial charge in [0.2, 0.25) is 0 Å². The standard InChI is InChI=1S/C24H16F7N5/c1-12-33-34-23-32-22(20-18(36(12)23)5-4-17(26)21(20)29)35(11-19(27)28)16-7-13(6-15(25)8-16)2-3-14-9-24(30,31)10-14/h4-8,14,19H,9-11H2,1H3. The molecule has 1 aliphatic rings. The van der Waals surface area contributed by atoms with E-state index in [9.17, 15) is 26.3 Å². The molecular weight excluding hydrogens is 491 g/mol. The predicted octanol–water partition coefficient (Wildman–Crippen LogP) is 5.80. The summed E-state index contributed by atoms with van der Waals surface area (Å²) in [6.07, 6.45) is -3.82. The van der Waals surface area contributed by atoms with Crippen LogP contribution in [0.2, 0.25) is 0 Å². The first kappa shape index (κ1) is 23.8. The summed E-state index contributed by atoms with van der Waals surface area (Å²) in [6, 6.07) is 5.29. The van der Waals surface area contributed by atoms with Gasteiger partial charge in [-0.1, -0.05) is 11.8 Å². The van der Waals surface area contributed by atoms with Crippen molar-refractivity contribution >= 4 is 28.2 Å². The van der Waals surface area contributed by atoms with Crippen molar-refractivity contribution in [3.63, 3.8) is 0 Å². The number of hydrogen-bond donors (Lipinski definition) is 0. The molecule has 0 bridgehead atoms. The van der Waals surface area contributed by atoms with Gasteiger partial charge in [0.25, 0.3) is 18.1 Å². The molecule has 0 aliphatic heterocycles. The van der Waals surface area contributed by atoms with Crippen LogP contribution in [-0.2, 0) is 0 Å². The zero-order valence-electron chi connectivity index (χ0n) is 18.5. The Balaban J connectivity index is 1.68. The zero-order chi connectivity index (χ0) is 25.8. The van der Waals surface area contributed by atoms with Crippen LogP contribution >= 0.6 is 0 Å². The summed E-state index contributed by atoms with van der Waals surface area (Å²) in [6.45, 7) is 0.501. The molecule has 4 aromatic rings. The summed E-state index contributed by atoms with van der Waals surface area (Å²) in [5.74, 6) is -1.77. The Kier molecular flexibility index (Phi) is 5.73. The Morgan fingerprint density at radius 1 is 1.11 bits per heavy atom. The van der Waals surface area contributed by atoms with Gasteiger partial charge in [0.15, 0.2) is 11.6 Å². The molecule has 0 unspecified atom stereocenters. The molecule has 5 rings (SSSR count). The summed E-state index contributed by atoms with van der Waals surface area (Å²) >= 11 is 0. The Labute approximate surface area is 199 Å². The number of alkyl halides is 4. The molecule has 1 aliphatic carbocycles. The van der Waals surface area contributed by atoms with Crippen molar-refractivity contribution in [1.82, 2.24) is 19.6 Å². The third-order valence-corrected chi connectivity index (χ3v) is 5.83. The van der Waals surface area contributed by atoms with Gasteiger partial charge in [-0.2, -0.15) is 4.98 Å². The molecule has 5 nitrogen and oxygen atoms in total. The number of fused-ring (bicyclic) bond motifs is 3. The Hall–Kier alpha value is -3.88. The van der Waals surface area contributed by atoms with Crippen LogP contribution in [0.4, 0.5) is 42.2 Å². The normalized spacial score (nSPS) is 15.2. The molecule has 36 heavy (non-hydrogen) atoms. The van der Waals surface area contributed by atoms with E-state index in [4.69, 9.17) is 0 Å². The molecule has 12 heteroatoms. The molecule has 1 fully saturated rings. The van der Waals surface area contributed by atoms with E-state index < -0.39 is 66.3 Å². The monoisotopic (exact) mass is 507 g/mol. The molecule has 0 radical (unpaired) electrons. The maximum absolute atomic E-state index is 15.1. The highest BCUT2D eigenvalue weighted by molar-refractivity contribution is 5.94. The molecule has 186 valence electrons. The molecule has 2 heterocycles. The SMILES string of the molecule is Cc1nnc2nc(N(CC(F)F)c3cc(F)cc(C#CC4CC(F)(F)C4)c3)c3c(F)c(F)ccc3n12. The largest absolute Gasteiger partial charge is 0.320 e. The second kappa shape index (κ2) is 8.65. The minimum atomic E-state index is -2.98. The van der Waals surface area contributed by atoms with Crippen molar-refractivity contribution in [1.29, 1.82) is 0 Å². The van der Waals surface area contributed by atoms with Crippen molar-refractivity contribution in [3.8, 4) is 11.8 Å². The van der Waals surface area contributed by atoms with Crippen molar-refractivity contribution in [2.45, 2.75) is 32.1 Å². The first-order valence-corrected chi connectivity index (χ1v) is 10.8. The van der Waals surface area contributed by atoms with E-state index in [2.05, 4.69) is 27.0 Å². The molecule has 0 saturated heterocycles. The summed E-state index contributed by atoms with van der Waals surface area (Å²) < 4.78 is 98.7. The Morgan fingerprint density at radius 2 is 1.86 bits per heavy atom. The average Bonchev–Trinajstić information content (AvgIpc) is 3.16. The number of halogens is 7. The highest BCUT2D eigenvalue weighted by Gasteiger charge is 2.44. The lowest BCUT2D eigenvalue weighted by molar-refractivity contribution is -0.0936. The van der Waals surface area contributed by atoms with E-state index in [0.717, 1.165) is 23.1 Å². The molecule has 0 N–H and O–H groups in total. The smallest absolute Gasteiger partial charge is 0.257 e. The molecule has 0 amide bonds. The van der Waals surface area contributed by atoms with Crippen LogP contribution in [-0.4, -0.2) is 38.5 Å². The Bertz CT molecular complexity index is 1550. The number of benzene rings is 2. The lowest BCUT2D eigenvalue weighted by atomic mass is 9.82. The van der Waals surface area contributed by atoms with Crippen LogP contribution < -0.4 is 4.90 Å². The van der Waals surface area contributed by atoms with E-state index in [1.165, 1.54) is 16.5 Å². The third-order valence-electron chi connectivity index (χ3n) is 5.83. The number of rotatable bonds is 4. The minimum Gasteiger partial charge on any atom is -0.320 e. The highest BCUT2D eigenvalue weighted by Crippen LogP contribution is 2.42. The van der Waals surface area contributed by atoms with Gasteiger partial charge in [-0.3, -0.25) is 4.40 Å². The van der Waals surface area contributed by atoms with E-state index >= 15 is 4.39 Å². The first-order chi connectivity index (χ1) is 17.0. The van der Waals surface area contributed by atoms with Crippen LogP contribution in [0, 0.1) is 42.1 Å². The van der Waals surface area contributed by atoms with E-state index in [0.29, 0.717) is 5.82 Å². The number of aryl methyl sites for hydroxylation is 1.